The maximum atomic E-state index is 14.3. The molecular formula is C23H20FN3O4. The van der Waals surface area contributed by atoms with Crippen LogP contribution >= 0.6 is 0 Å². The third kappa shape index (κ3) is 5.15. The summed E-state index contributed by atoms with van der Waals surface area (Å²) >= 11 is 0. The lowest BCUT2D eigenvalue weighted by molar-refractivity contribution is -0.145. The van der Waals surface area contributed by atoms with Gasteiger partial charge in [0.05, 0.1) is 0 Å². The normalized spacial score (nSPS) is 11.4. The molecular weight excluding hydrogens is 401 g/mol. The van der Waals surface area contributed by atoms with Crippen LogP contribution in [0.3, 0.4) is 0 Å². The Morgan fingerprint density at radius 3 is 2.55 bits per heavy atom. The number of nitriles is 1. The van der Waals surface area contributed by atoms with E-state index in [-0.39, 0.29) is 17.9 Å². The second-order valence-corrected chi connectivity index (χ2v) is 6.63. The fourth-order valence-electron chi connectivity index (χ4n) is 2.87. The van der Waals surface area contributed by atoms with Crippen LogP contribution in [0.25, 0.3) is 11.1 Å². The zero-order valence-corrected chi connectivity index (χ0v) is 16.7. The lowest BCUT2D eigenvalue weighted by atomic mass is 10.0. The van der Waals surface area contributed by atoms with Gasteiger partial charge in [0.25, 0.3) is 5.88 Å². The molecule has 0 fully saturated rings. The highest BCUT2D eigenvalue weighted by molar-refractivity contribution is 5.72. The van der Waals surface area contributed by atoms with Gasteiger partial charge in [0.1, 0.15) is 17.4 Å². The number of rotatable bonds is 8. The van der Waals surface area contributed by atoms with Crippen LogP contribution in [0.2, 0.25) is 0 Å². The van der Waals surface area contributed by atoms with E-state index in [1.54, 1.807) is 25.1 Å². The van der Waals surface area contributed by atoms with Gasteiger partial charge in [-0.25, -0.2) is 9.18 Å². The smallest absolute Gasteiger partial charge is 0.344 e. The molecule has 0 bridgehead atoms. The van der Waals surface area contributed by atoms with Crippen molar-refractivity contribution in [1.29, 1.82) is 5.26 Å². The molecule has 3 N–H and O–H groups in total. The molecule has 0 unspecified atom stereocenters. The van der Waals surface area contributed by atoms with Crippen molar-refractivity contribution in [3.05, 3.63) is 71.5 Å². The lowest BCUT2D eigenvalue weighted by Crippen LogP contribution is -2.26. The van der Waals surface area contributed by atoms with Gasteiger partial charge in [0.15, 0.2) is 11.9 Å². The van der Waals surface area contributed by atoms with Gasteiger partial charge >= 0.3 is 5.97 Å². The molecule has 0 aliphatic heterocycles. The molecule has 0 saturated carbocycles. The van der Waals surface area contributed by atoms with E-state index >= 15 is 0 Å². The molecule has 1 aromatic heterocycles. The Morgan fingerprint density at radius 1 is 1.19 bits per heavy atom. The summed E-state index contributed by atoms with van der Waals surface area (Å²) in [5, 5.41) is 18.5. The highest BCUT2D eigenvalue weighted by atomic mass is 19.1. The first kappa shape index (κ1) is 21.7. The van der Waals surface area contributed by atoms with Crippen molar-refractivity contribution < 1.29 is 23.8 Å². The van der Waals surface area contributed by atoms with E-state index in [0.717, 1.165) is 22.8 Å². The molecule has 0 amide bonds. The maximum Gasteiger partial charge on any atom is 0.344 e. The van der Waals surface area contributed by atoms with Crippen molar-refractivity contribution in [2.24, 2.45) is 5.73 Å². The third-order valence-electron chi connectivity index (χ3n) is 4.47. The number of ether oxygens (including phenoxy) is 2. The van der Waals surface area contributed by atoms with Crippen molar-refractivity contribution in [3.8, 4) is 34.7 Å². The van der Waals surface area contributed by atoms with Crippen LogP contribution in [-0.2, 0) is 11.3 Å². The number of pyridine rings is 1. The topological polar surface area (TPSA) is 118 Å². The average Bonchev–Trinajstić information content (AvgIpc) is 2.79. The van der Waals surface area contributed by atoms with Crippen LogP contribution in [0.1, 0.15) is 24.5 Å². The highest BCUT2D eigenvalue weighted by Crippen LogP contribution is 2.31. The van der Waals surface area contributed by atoms with Gasteiger partial charge in [-0.05, 0) is 41.3 Å². The van der Waals surface area contributed by atoms with Crippen molar-refractivity contribution in [2.75, 3.05) is 0 Å². The lowest BCUT2D eigenvalue weighted by Gasteiger charge is -2.15. The minimum Gasteiger partial charge on any atom is -0.479 e. The quantitative estimate of drug-likeness (QED) is 0.558. The Hall–Kier alpha value is -3.96. The standard InChI is InChI=1S/C23H20FN3O4/c1-2-20(23(28)29)31-22-19(24)11-17(13-26)21(27-22)30-18-8-4-7-16(10-18)15-6-3-5-14(9-15)12-25/h3-11,20H,2,12,25H2,1H3,(H,28,29)/t20-/m1/s1. The number of aliphatic carboxylic acids is 1. The summed E-state index contributed by atoms with van der Waals surface area (Å²) in [5.41, 5.74) is 8.31. The third-order valence-corrected chi connectivity index (χ3v) is 4.47. The molecule has 7 nitrogen and oxygen atoms in total. The van der Waals surface area contributed by atoms with E-state index in [0.29, 0.717) is 12.3 Å². The van der Waals surface area contributed by atoms with E-state index in [1.807, 2.05) is 36.4 Å². The van der Waals surface area contributed by atoms with Gasteiger partial charge < -0.3 is 20.3 Å². The van der Waals surface area contributed by atoms with E-state index in [1.165, 1.54) is 0 Å². The Bertz CT molecular complexity index is 1140. The predicted octanol–water partition coefficient (Wildman–Crippen LogP) is 4.25. The van der Waals surface area contributed by atoms with Gasteiger partial charge in [-0.1, -0.05) is 37.3 Å². The maximum absolute atomic E-state index is 14.3. The molecule has 8 heteroatoms. The van der Waals surface area contributed by atoms with Crippen LogP contribution < -0.4 is 15.2 Å². The molecule has 0 spiro atoms. The number of nitrogens with zero attached hydrogens (tertiary/aromatic N) is 2. The first-order valence-corrected chi connectivity index (χ1v) is 9.52. The number of nitrogens with two attached hydrogens (primary N) is 1. The molecule has 3 rings (SSSR count). The predicted molar refractivity (Wildman–Crippen MR) is 111 cm³/mol. The fourth-order valence-corrected chi connectivity index (χ4v) is 2.87. The second kappa shape index (κ2) is 9.69. The number of benzene rings is 2. The first-order chi connectivity index (χ1) is 14.9. The van der Waals surface area contributed by atoms with Crippen molar-refractivity contribution >= 4 is 5.97 Å². The first-order valence-electron chi connectivity index (χ1n) is 9.52. The van der Waals surface area contributed by atoms with Gasteiger partial charge in [0.2, 0.25) is 5.88 Å². The summed E-state index contributed by atoms with van der Waals surface area (Å²) in [6.07, 6.45) is -1.17. The van der Waals surface area contributed by atoms with Gasteiger partial charge in [-0.15, -0.1) is 0 Å². The van der Waals surface area contributed by atoms with Gasteiger partial charge in [-0.2, -0.15) is 10.2 Å². The van der Waals surface area contributed by atoms with Crippen LogP contribution in [0.4, 0.5) is 4.39 Å². The number of halogens is 1. The van der Waals surface area contributed by atoms with Crippen molar-refractivity contribution in [1.82, 2.24) is 4.98 Å². The van der Waals surface area contributed by atoms with Crippen LogP contribution in [-0.4, -0.2) is 22.2 Å². The Labute approximate surface area is 178 Å². The van der Waals surface area contributed by atoms with Gasteiger partial charge in [-0.3, -0.25) is 0 Å². The number of carbonyl (C=O) groups is 1. The average molecular weight is 421 g/mol. The Morgan fingerprint density at radius 2 is 1.90 bits per heavy atom. The van der Waals surface area contributed by atoms with Crippen molar-refractivity contribution in [2.45, 2.75) is 26.0 Å². The van der Waals surface area contributed by atoms with Crippen LogP contribution in [0, 0.1) is 17.1 Å². The number of carboxylic acid groups (broad SMARTS) is 1. The summed E-state index contributed by atoms with van der Waals surface area (Å²) in [6.45, 7) is 2.00. The number of aromatic nitrogens is 1. The molecule has 158 valence electrons. The zero-order valence-electron chi connectivity index (χ0n) is 16.7. The Kier molecular flexibility index (Phi) is 6.80. The second-order valence-electron chi connectivity index (χ2n) is 6.63. The molecule has 0 radical (unpaired) electrons. The zero-order chi connectivity index (χ0) is 22.4. The highest BCUT2D eigenvalue weighted by Gasteiger charge is 2.22. The summed E-state index contributed by atoms with van der Waals surface area (Å²) in [7, 11) is 0. The largest absolute Gasteiger partial charge is 0.479 e. The molecule has 2 aromatic carbocycles. The minimum atomic E-state index is -1.28. The molecule has 1 atom stereocenters. The van der Waals surface area contributed by atoms with Crippen LogP contribution in [0.15, 0.2) is 54.6 Å². The molecule has 0 aliphatic rings. The SMILES string of the molecule is CC[C@@H](Oc1nc(Oc2cccc(-c3cccc(CN)c3)c2)c(C#N)cc1F)C(=O)O. The number of hydrogen-bond acceptors (Lipinski definition) is 6. The van der Waals surface area contributed by atoms with E-state index in [9.17, 15) is 14.4 Å². The summed E-state index contributed by atoms with van der Waals surface area (Å²) < 4.78 is 25.2. The summed E-state index contributed by atoms with van der Waals surface area (Å²) in [5.74, 6) is -2.57. The van der Waals surface area contributed by atoms with Crippen LogP contribution in [0.5, 0.6) is 17.5 Å². The fraction of sp³-hybridized carbons (Fsp3) is 0.174. The molecule has 0 aliphatic carbocycles. The molecule has 3 aromatic rings. The number of hydrogen-bond donors (Lipinski definition) is 2. The molecule has 1 heterocycles. The van der Waals surface area contributed by atoms with Crippen molar-refractivity contribution in [3.63, 3.8) is 0 Å². The summed E-state index contributed by atoms with van der Waals surface area (Å²) in [4.78, 5) is 15.1. The number of carboxylic acids is 1. The van der Waals surface area contributed by atoms with E-state index in [4.69, 9.17) is 20.3 Å². The monoisotopic (exact) mass is 421 g/mol. The van der Waals surface area contributed by atoms with Gasteiger partial charge in [0, 0.05) is 12.6 Å². The molecule has 0 saturated heterocycles. The summed E-state index contributed by atoms with van der Waals surface area (Å²) in [6, 6.07) is 17.5. The van der Waals surface area contributed by atoms with E-state index < -0.39 is 23.8 Å². The molecule has 31 heavy (non-hydrogen) atoms. The van der Waals surface area contributed by atoms with E-state index in [2.05, 4.69) is 4.98 Å². The Balaban J connectivity index is 1.94. The minimum absolute atomic E-state index is 0.108.